The van der Waals surface area contributed by atoms with Gasteiger partial charge >= 0.3 is 0 Å². The Labute approximate surface area is 206 Å². The van der Waals surface area contributed by atoms with Gasteiger partial charge in [0.05, 0.1) is 12.6 Å². The smallest absolute Gasteiger partial charge is 0.243 e. The number of rotatable bonds is 8. The van der Waals surface area contributed by atoms with E-state index in [9.17, 15) is 15.0 Å². The molecule has 3 aliphatic carbocycles. The maximum absolute atomic E-state index is 12.3. The molecule has 4 atom stereocenters. The summed E-state index contributed by atoms with van der Waals surface area (Å²) in [6.07, 6.45) is 13.5. The van der Waals surface area contributed by atoms with E-state index in [0.717, 1.165) is 37.7 Å². The standard InChI is InChI=1S/C29H45NO4/c1-7-22(8-2)19-30(21(5)31)34-29(33)17-24(20(4)27(32)18-29)13-12-23-11-10-16-28(6)25(9-3)14-15-26(23)28/h12-14,22,26-27,32-33H,4,7-11,15-19H2,1-3,5-6H3/t26-,27-,28+,29-/m0/s1. The van der Waals surface area contributed by atoms with Crippen molar-refractivity contribution in [2.75, 3.05) is 6.54 Å². The second-order valence-corrected chi connectivity index (χ2v) is 10.8. The highest BCUT2D eigenvalue weighted by atomic mass is 16.8. The van der Waals surface area contributed by atoms with Crippen LogP contribution in [-0.2, 0) is 9.63 Å². The van der Waals surface area contributed by atoms with E-state index in [1.54, 1.807) is 5.57 Å². The quantitative estimate of drug-likeness (QED) is 0.259. The first kappa shape index (κ1) is 26.9. The largest absolute Gasteiger partial charge is 0.388 e. The minimum atomic E-state index is -1.64. The van der Waals surface area contributed by atoms with E-state index in [4.69, 9.17) is 4.84 Å². The van der Waals surface area contributed by atoms with Crippen molar-refractivity contribution in [1.82, 2.24) is 5.06 Å². The number of nitrogens with zero attached hydrogens (tertiary/aromatic N) is 1. The fourth-order valence-corrected chi connectivity index (χ4v) is 6.24. The van der Waals surface area contributed by atoms with E-state index in [1.165, 1.54) is 30.4 Å². The Balaban J connectivity index is 1.81. The molecule has 0 spiro atoms. The fourth-order valence-electron chi connectivity index (χ4n) is 6.24. The van der Waals surface area contributed by atoms with Gasteiger partial charge < -0.3 is 10.2 Å². The monoisotopic (exact) mass is 471 g/mol. The van der Waals surface area contributed by atoms with Crippen molar-refractivity contribution in [3.63, 3.8) is 0 Å². The third-order valence-corrected chi connectivity index (χ3v) is 8.59. The minimum absolute atomic E-state index is 0.00306. The minimum Gasteiger partial charge on any atom is -0.388 e. The molecule has 5 heteroatoms. The summed E-state index contributed by atoms with van der Waals surface area (Å²) in [7, 11) is 0. The van der Waals surface area contributed by atoms with E-state index < -0.39 is 11.9 Å². The molecular formula is C29H45NO4. The summed E-state index contributed by atoms with van der Waals surface area (Å²) < 4.78 is 0. The number of aliphatic hydroxyl groups excluding tert-OH is 1. The molecule has 2 N–H and O–H groups in total. The van der Waals surface area contributed by atoms with Crippen LogP contribution in [0.1, 0.15) is 92.4 Å². The zero-order valence-corrected chi connectivity index (χ0v) is 21.9. The molecule has 5 nitrogen and oxygen atoms in total. The summed E-state index contributed by atoms with van der Waals surface area (Å²) in [5, 5.41) is 23.3. The van der Waals surface area contributed by atoms with Crippen molar-refractivity contribution in [2.24, 2.45) is 17.3 Å². The van der Waals surface area contributed by atoms with Crippen molar-refractivity contribution in [2.45, 2.75) is 104 Å². The summed E-state index contributed by atoms with van der Waals surface area (Å²) in [6.45, 7) is 14.8. The molecule has 0 aromatic carbocycles. The molecule has 0 heterocycles. The molecule has 0 aliphatic heterocycles. The van der Waals surface area contributed by atoms with Crippen LogP contribution >= 0.6 is 0 Å². The van der Waals surface area contributed by atoms with Gasteiger partial charge in [-0.25, -0.2) is 9.90 Å². The lowest BCUT2D eigenvalue weighted by Crippen LogP contribution is -2.48. The number of amides is 1. The fraction of sp³-hybridized carbons (Fsp3) is 0.690. The maximum atomic E-state index is 12.3. The molecule has 1 amide bonds. The highest BCUT2D eigenvalue weighted by Crippen LogP contribution is 2.55. The van der Waals surface area contributed by atoms with E-state index in [-0.39, 0.29) is 24.2 Å². The van der Waals surface area contributed by atoms with Gasteiger partial charge in [-0.1, -0.05) is 76.5 Å². The van der Waals surface area contributed by atoms with E-state index in [2.05, 4.69) is 46.4 Å². The van der Waals surface area contributed by atoms with Crippen LogP contribution in [0.3, 0.4) is 0 Å². The molecule has 0 aromatic rings. The van der Waals surface area contributed by atoms with Gasteiger partial charge in [-0.2, -0.15) is 0 Å². The zero-order chi connectivity index (χ0) is 25.1. The predicted molar refractivity (Wildman–Crippen MR) is 136 cm³/mol. The summed E-state index contributed by atoms with van der Waals surface area (Å²) >= 11 is 0. The molecule has 0 saturated heterocycles. The summed E-state index contributed by atoms with van der Waals surface area (Å²) in [4.78, 5) is 18.2. The Hall–Kier alpha value is -1.69. The average molecular weight is 472 g/mol. The van der Waals surface area contributed by atoms with Gasteiger partial charge in [0, 0.05) is 19.8 Å². The van der Waals surface area contributed by atoms with Crippen LogP contribution in [0.15, 0.2) is 47.1 Å². The maximum Gasteiger partial charge on any atom is 0.243 e. The number of hydrogen-bond donors (Lipinski definition) is 2. The van der Waals surface area contributed by atoms with E-state index >= 15 is 0 Å². The van der Waals surface area contributed by atoms with Crippen molar-refractivity contribution in [3.8, 4) is 0 Å². The first-order chi connectivity index (χ1) is 16.1. The van der Waals surface area contributed by atoms with E-state index in [1.807, 2.05) is 6.08 Å². The number of aliphatic hydroxyl groups is 2. The SMILES string of the molecule is C=C1C(=CC=C2CCC[C@]3(C)C(CC)=CC[C@@H]23)C[C@](O)(ON(CC(CC)CC)C(C)=O)C[C@@H]1O. The van der Waals surface area contributed by atoms with Gasteiger partial charge in [0.2, 0.25) is 5.91 Å². The number of allylic oxidation sites excluding steroid dienone is 5. The molecule has 190 valence electrons. The Morgan fingerprint density at radius 3 is 2.65 bits per heavy atom. The average Bonchev–Trinajstić information content (AvgIpc) is 3.14. The Morgan fingerprint density at radius 1 is 1.32 bits per heavy atom. The molecular weight excluding hydrogens is 426 g/mol. The lowest BCUT2D eigenvalue weighted by molar-refractivity contribution is -0.327. The molecule has 34 heavy (non-hydrogen) atoms. The Kier molecular flexibility index (Phi) is 8.65. The summed E-state index contributed by atoms with van der Waals surface area (Å²) in [5.41, 5.74) is 4.68. The van der Waals surface area contributed by atoms with Gasteiger partial charge in [0.1, 0.15) is 0 Å². The summed E-state index contributed by atoms with van der Waals surface area (Å²) in [6, 6.07) is 0. The number of hydrogen-bond acceptors (Lipinski definition) is 4. The van der Waals surface area contributed by atoms with Crippen LogP contribution < -0.4 is 0 Å². The van der Waals surface area contributed by atoms with Gasteiger partial charge in [0.25, 0.3) is 0 Å². The molecule has 0 unspecified atom stereocenters. The van der Waals surface area contributed by atoms with Crippen molar-refractivity contribution in [3.05, 3.63) is 47.1 Å². The topological polar surface area (TPSA) is 70.0 Å². The highest BCUT2D eigenvalue weighted by Gasteiger charge is 2.44. The zero-order valence-electron chi connectivity index (χ0n) is 21.9. The number of fused-ring (bicyclic) bond motifs is 1. The van der Waals surface area contributed by atoms with Crippen molar-refractivity contribution >= 4 is 5.91 Å². The normalized spacial score (nSPS) is 34.0. The van der Waals surface area contributed by atoms with Crippen LogP contribution in [-0.4, -0.2) is 39.6 Å². The highest BCUT2D eigenvalue weighted by molar-refractivity contribution is 5.72. The molecule has 0 radical (unpaired) electrons. The molecule has 3 rings (SSSR count). The summed E-state index contributed by atoms with van der Waals surface area (Å²) in [5.74, 6) is -1.06. The van der Waals surface area contributed by atoms with Gasteiger partial charge in [-0.3, -0.25) is 4.79 Å². The van der Waals surface area contributed by atoms with Gasteiger partial charge in [0.15, 0.2) is 5.79 Å². The molecule has 0 aromatic heterocycles. The van der Waals surface area contributed by atoms with Crippen LogP contribution in [0.5, 0.6) is 0 Å². The first-order valence-corrected chi connectivity index (χ1v) is 13.2. The van der Waals surface area contributed by atoms with Gasteiger partial charge in [-0.05, 0) is 60.5 Å². The lowest BCUT2D eigenvalue weighted by Gasteiger charge is -2.41. The third kappa shape index (κ3) is 5.58. The molecule has 2 saturated carbocycles. The lowest BCUT2D eigenvalue weighted by atomic mass is 9.64. The molecule has 3 aliphatic rings. The predicted octanol–water partition coefficient (Wildman–Crippen LogP) is 6.00. The molecule has 0 bridgehead atoms. The second kappa shape index (κ2) is 10.9. The van der Waals surface area contributed by atoms with Crippen LogP contribution in [0.25, 0.3) is 0 Å². The van der Waals surface area contributed by atoms with Gasteiger partial charge in [-0.15, -0.1) is 0 Å². The number of carbonyl (C=O) groups excluding carboxylic acids is 1. The van der Waals surface area contributed by atoms with Crippen molar-refractivity contribution < 1.29 is 19.8 Å². The molecule has 2 fully saturated rings. The third-order valence-electron chi connectivity index (χ3n) is 8.59. The Morgan fingerprint density at radius 2 is 2.03 bits per heavy atom. The first-order valence-electron chi connectivity index (χ1n) is 13.2. The van der Waals surface area contributed by atoms with Crippen LogP contribution in [0.2, 0.25) is 0 Å². The van der Waals surface area contributed by atoms with Crippen LogP contribution in [0, 0.1) is 17.3 Å². The number of hydroxylamine groups is 2. The van der Waals surface area contributed by atoms with Crippen LogP contribution in [0.4, 0.5) is 0 Å². The number of carbonyl (C=O) groups is 1. The second-order valence-electron chi connectivity index (χ2n) is 10.8. The van der Waals surface area contributed by atoms with Crippen molar-refractivity contribution in [1.29, 1.82) is 0 Å². The van der Waals surface area contributed by atoms with E-state index in [0.29, 0.717) is 24.0 Å². The Bertz CT molecular complexity index is 867.